The maximum Gasteiger partial charge on any atom is 0.310 e. The topological polar surface area (TPSA) is 145 Å². The predicted molar refractivity (Wildman–Crippen MR) is 214 cm³/mol. The van der Waals surface area contributed by atoms with Gasteiger partial charge in [-0.2, -0.15) is 0 Å². The lowest BCUT2D eigenvalue weighted by atomic mass is 9.77. The molecule has 3 saturated carbocycles. The van der Waals surface area contributed by atoms with Crippen molar-refractivity contribution < 1.29 is 38.5 Å². The van der Waals surface area contributed by atoms with E-state index in [1.165, 1.54) is 13.5 Å². The number of hydrogen-bond acceptors (Lipinski definition) is 10. The van der Waals surface area contributed by atoms with E-state index in [4.69, 9.17) is 35.8 Å². The lowest BCUT2D eigenvalue weighted by Gasteiger charge is -2.35. The second-order valence-electron chi connectivity index (χ2n) is 18.1. The lowest BCUT2D eigenvalue weighted by molar-refractivity contribution is -0.157. The number of likely N-dealkylation sites (tertiary alicyclic amines) is 1. The van der Waals surface area contributed by atoms with Crippen molar-refractivity contribution in [2.24, 2.45) is 40.4 Å². The molecule has 4 unspecified atom stereocenters. The van der Waals surface area contributed by atoms with Crippen LogP contribution in [0.15, 0.2) is 23.6 Å². The number of carboxylic acids is 1. The molecule has 1 aromatic carbocycles. The van der Waals surface area contributed by atoms with E-state index >= 15 is 0 Å². The number of Topliss-reactive ketones (excluding diaryl/α,β-unsaturated/α-hetero) is 1. The fraction of sp³-hybridized carbons (Fsp3) is 0.628. The van der Waals surface area contributed by atoms with Crippen LogP contribution < -0.4 is 9.47 Å². The Morgan fingerprint density at radius 1 is 1.04 bits per heavy atom. The number of amides is 1. The molecule has 1 N–H and O–H groups in total. The number of esters is 1. The molecule has 0 bridgehead atoms. The van der Waals surface area contributed by atoms with Crippen LogP contribution in [0.2, 0.25) is 5.02 Å². The van der Waals surface area contributed by atoms with Crippen LogP contribution in [0.25, 0.3) is 22.3 Å². The van der Waals surface area contributed by atoms with E-state index < -0.39 is 40.8 Å². The van der Waals surface area contributed by atoms with Crippen molar-refractivity contribution in [2.45, 2.75) is 118 Å². The summed E-state index contributed by atoms with van der Waals surface area (Å²) in [5.74, 6) is -0.293. The number of thiazole rings is 1. The third-order valence-corrected chi connectivity index (χ3v) is 13.8. The molecular formula is C43H54ClN3O8S. The van der Waals surface area contributed by atoms with Gasteiger partial charge in [-0.1, -0.05) is 59.6 Å². The van der Waals surface area contributed by atoms with Gasteiger partial charge < -0.3 is 24.2 Å². The number of benzene rings is 1. The summed E-state index contributed by atoms with van der Waals surface area (Å²) in [5.41, 5.74) is -0.0791. The van der Waals surface area contributed by atoms with E-state index in [1.807, 2.05) is 45.2 Å². The number of ether oxygens (including phenoxy) is 3. The summed E-state index contributed by atoms with van der Waals surface area (Å²) in [6.45, 7) is 12.0. The van der Waals surface area contributed by atoms with Crippen molar-refractivity contribution in [3.8, 4) is 22.9 Å². The molecule has 302 valence electrons. The van der Waals surface area contributed by atoms with Crippen molar-refractivity contribution >= 4 is 57.5 Å². The molecule has 1 amide bonds. The summed E-state index contributed by atoms with van der Waals surface area (Å²) in [6, 6.07) is 4.45. The van der Waals surface area contributed by atoms with Crippen molar-refractivity contribution in [2.75, 3.05) is 13.7 Å². The molecule has 13 heteroatoms. The number of carboxylic acid groups (broad SMARTS) is 1. The molecule has 2 aromatic heterocycles. The van der Waals surface area contributed by atoms with Crippen molar-refractivity contribution in [3.63, 3.8) is 0 Å². The number of ketones is 1. The van der Waals surface area contributed by atoms with Gasteiger partial charge >= 0.3 is 11.9 Å². The molecule has 7 rings (SSSR count). The van der Waals surface area contributed by atoms with E-state index in [0.29, 0.717) is 69.4 Å². The Hall–Kier alpha value is -3.77. The van der Waals surface area contributed by atoms with E-state index in [-0.39, 0.29) is 49.5 Å². The molecule has 56 heavy (non-hydrogen) atoms. The maximum atomic E-state index is 14.8. The standard InChI is InChI=1S/C43H54ClN3O8S/c1-8-25-18-43(25,41(51)52)19-33(48)32-15-27(20-47(32)40(50)29(42(4,5)6)16-37(49)55-26-13-23-12-24(23)14-26)54-35-17-30(31-21-56-36(45-31)11-22(2)3)46-39-28(35)9-10-34(53-7)38(39)44/h9-10,17,21-27,29,32H,8,11-16,18-20H2,1-7H3,(H,51,52)/t23?,24?,25?,26?,27?,29-,32+,43-/m1/s1. The van der Waals surface area contributed by atoms with E-state index in [9.17, 15) is 24.3 Å². The summed E-state index contributed by atoms with van der Waals surface area (Å²) >= 11 is 8.41. The van der Waals surface area contributed by atoms with E-state index in [0.717, 1.165) is 24.3 Å². The van der Waals surface area contributed by atoms with Gasteiger partial charge in [0.25, 0.3) is 0 Å². The molecule has 4 fully saturated rings. The van der Waals surface area contributed by atoms with Gasteiger partial charge in [-0.15, -0.1) is 11.3 Å². The first kappa shape index (κ1) is 40.4. The maximum absolute atomic E-state index is 14.8. The SMILES string of the molecule is CCC1C[C@]1(CC(=O)[C@@H]1CC(Oc2cc(-c3csc(CC(C)C)n3)nc3c(Cl)c(OC)ccc23)CN1C(=O)[C@@H](CC(=O)OC1CC2CC2C1)C(C)(C)C)C(=O)O. The van der Waals surface area contributed by atoms with Crippen LogP contribution in [0, 0.1) is 40.4 Å². The normalized spacial score (nSPS) is 27.3. The van der Waals surface area contributed by atoms with Crippen LogP contribution in [0.5, 0.6) is 11.5 Å². The molecule has 4 aliphatic rings. The second kappa shape index (κ2) is 15.5. The number of pyridine rings is 1. The number of halogens is 1. The number of carbonyl (C=O) groups excluding carboxylic acids is 3. The zero-order valence-corrected chi connectivity index (χ0v) is 35.0. The molecular weight excluding hydrogens is 754 g/mol. The number of hydrogen-bond donors (Lipinski definition) is 1. The molecule has 0 spiro atoms. The monoisotopic (exact) mass is 807 g/mol. The Morgan fingerprint density at radius 3 is 2.39 bits per heavy atom. The molecule has 1 saturated heterocycles. The predicted octanol–water partition coefficient (Wildman–Crippen LogP) is 8.42. The van der Waals surface area contributed by atoms with Crippen molar-refractivity contribution in [3.05, 3.63) is 33.6 Å². The quantitative estimate of drug-likeness (QED) is 0.149. The van der Waals surface area contributed by atoms with Crippen LogP contribution in [-0.4, -0.2) is 75.5 Å². The average Bonchev–Trinajstić information content (AvgIpc) is 3.80. The van der Waals surface area contributed by atoms with E-state index in [2.05, 4.69) is 13.8 Å². The third kappa shape index (κ3) is 8.15. The van der Waals surface area contributed by atoms with Crippen LogP contribution in [-0.2, 0) is 30.3 Å². The fourth-order valence-corrected chi connectivity index (χ4v) is 10.4. The molecule has 3 aliphatic carbocycles. The first-order valence-corrected chi connectivity index (χ1v) is 21.3. The highest BCUT2D eigenvalue weighted by molar-refractivity contribution is 7.09. The molecule has 0 radical (unpaired) electrons. The lowest BCUT2D eigenvalue weighted by Crippen LogP contribution is -2.48. The zero-order chi connectivity index (χ0) is 40.3. The number of rotatable bonds is 15. The molecule has 1 aliphatic heterocycles. The van der Waals surface area contributed by atoms with Crippen LogP contribution in [0.1, 0.15) is 97.9 Å². The first-order valence-electron chi connectivity index (χ1n) is 20.1. The molecule has 3 heterocycles. The largest absolute Gasteiger partial charge is 0.495 e. The number of aromatic nitrogens is 2. The van der Waals surface area contributed by atoms with Gasteiger partial charge in [-0.3, -0.25) is 19.2 Å². The van der Waals surface area contributed by atoms with Crippen LogP contribution >= 0.6 is 22.9 Å². The Bertz CT molecular complexity index is 2020. The van der Waals surface area contributed by atoms with Gasteiger partial charge in [-0.25, -0.2) is 9.97 Å². The first-order chi connectivity index (χ1) is 26.5. The summed E-state index contributed by atoms with van der Waals surface area (Å²) in [5, 5.41) is 14.1. The smallest absolute Gasteiger partial charge is 0.310 e. The number of methoxy groups -OCH3 is 1. The Labute approximate surface area is 337 Å². The zero-order valence-electron chi connectivity index (χ0n) is 33.4. The fourth-order valence-electron chi connectivity index (χ4n) is 9.10. The van der Waals surface area contributed by atoms with Gasteiger partial charge in [-0.05, 0) is 66.9 Å². The number of carbonyl (C=O) groups is 4. The van der Waals surface area contributed by atoms with Gasteiger partial charge in [0.05, 0.1) is 59.4 Å². The van der Waals surface area contributed by atoms with Crippen molar-refractivity contribution in [1.29, 1.82) is 0 Å². The van der Waals surface area contributed by atoms with E-state index in [1.54, 1.807) is 22.3 Å². The third-order valence-electron chi connectivity index (χ3n) is 12.5. The van der Waals surface area contributed by atoms with Gasteiger partial charge in [0.15, 0.2) is 5.78 Å². The van der Waals surface area contributed by atoms with Crippen molar-refractivity contribution in [1.82, 2.24) is 14.9 Å². The minimum absolute atomic E-state index is 0.0679. The summed E-state index contributed by atoms with van der Waals surface area (Å²) in [7, 11) is 1.54. The highest BCUT2D eigenvalue weighted by Gasteiger charge is 2.61. The van der Waals surface area contributed by atoms with Crippen LogP contribution in [0.3, 0.4) is 0 Å². The van der Waals surface area contributed by atoms with Gasteiger partial charge in [0.2, 0.25) is 5.91 Å². The minimum Gasteiger partial charge on any atom is -0.495 e. The Morgan fingerprint density at radius 2 is 1.77 bits per heavy atom. The highest BCUT2D eigenvalue weighted by Crippen LogP contribution is 2.58. The molecule has 11 nitrogen and oxygen atoms in total. The Kier molecular flexibility index (Phi) is 11.2. The molecule has 7 atom stereocenters. The van der Waals surface area contributed by atoms with Crippen LogP contribution in [0.4, 0.5) is 0 Å². The minimum atomic E-state index is -1.14. The summed E-state index contributed by atoms with van der Waals surface area (Å²) in [4.78, 5) is 66.3. The number of aliphatic carboxylic acids is 1. The highest BCUT2D eigenvalue weighted by atomic mass is 35.5. The number of nitrogens with zero attached hydrogens (tertiary/aromatic N) is 3. The second-order valence-corrected chi connectivity index (χ2v) is 19.4. The number of fused-ring (bicyclic) bond motifs is 2. The summed E-state index contributed by atoms with van der Waals surface area (Å²) in [6.07, 6.45) is 3.98. The van der Waals surface area contributed by atoms with Gasteiger partial charge in [0.1, 0.15) is 28.7 Å². The average molecular weight is 808 g/mol. The van der Waals surface area contributed by atoms with Gasteiger partial charge in [0, 0.05) is 36.1 Å². The summed E-state index contributed by atoms with van der Waals surface area (Å²) < 4.78 is 18.2. The Balaban J connectivity index is 1.20. The molecule has 3 aromatic rings.